The maximum Gasteiger partial charge on any atom is 0.147 e. The molecule has 0 fully saturated rings. The molecule has 3 nitrogen and oxygen atoms in total. The number of hydrogen-bond donors (Lipinski definition) is 0. The van der Waals surface area contributed by atoms with Crippen LogP contribution in [0.15, 0.2) is 30.5 Å². The number of halogens is 1. The second kappa shape index (κ2) is 5.45. The van der Waals surface area contributed by atoms with Crippen LogP contribution in [-0.4, -0.2) is 28.4 Å². The molecule has 1 atom stereocenters. The van der Waals surface area contributed by atoms with Crippen LogP contribution in [0, 0.1) is 0 Å². The molecule has 1 aromatic heterocycles. The molecule has 0 spiro atoms. The van der Waals surface area contributed by atoms with Crippen LogP contribution in [0.25, 0.3) is 11.0 Å². The van der Waals surface area contributed by atoms with Gasteiger partial charge in [0.1, 0.15) is 5.82 Å². The summed E-state index contributed by atoms with van der Waals surface area (Å²) in [7, 11) is 2.05. The summed E-state index contributed by atoms with van der Waals surface area (Å²) in [6, 6.07) is 7.94. The molecule has 2 rings (SSSR count). The summed E-state index contributed by atoms with van der Waals surface area (Å²) in [5, 5.41) is 0. The first-order valence-corrected chi connectivity index (χ1v) is 6.65. The smallest absolute Gasteiger partial charge is 0.147 e. The number of hydrogen-bond acceptors (Lipinski definition) is 3. The van der Waals surface area contributed by atoms with Crippen molar-refractivity contribution in [3.8, 4) is 0 Å². The lowest BCUT2D eigenvalue weighted by molar-refractivity contribution is 0.778. The lowest BCUT2D eigenvalue weighted by Crippen LogP contribution is -2.21. The third kappa shape index (κ3) is 3.16. The second-order valence-corrected chi connectivity index (χ2v) is 5.77. The van der Waals surface area contributed by atoms with Gasteiger partial charge in [-0.1, -0.05) is 35.0 Å². The molecule has 0 saturated carbocycles. The summed E-state index contributed by atoms with van der Waals surface area (Å²) in [5.41, 5.74) is 1.89. The monoisotopic (exact) mass is 293 g/mol. The van der Waals surface area contributed by atoms with Crippen molar-refractivity contribution in [1.29, 1.82) is 0 Å². The van der Waals surface area contributed by atoms with E-state index >= 15 is 0 Å². The first-order valence-electron chi connectivity index (χ1n) is 5.74. The van der Waals surface area contributed by atoms with Gasteiger partial charge < -0.3 is 4.90 Å². The van der Waals surface area contributed by atoms with Crippen LogP contribution in [0.5, 0.6) is 0 Å². The maximum atomic E-state index is 4.60. The maximum absolute atomic E-state index is 4.60. The van der Waals surface area contributed by atoms with E-state index in [4.69, 9.17) is 0 Å². The number of nitrogens with zero attached hydrogens (tertiary/aromatic N) is 3. The second-order valence-electron chi connectivity index (χ2n) is 4.21. The van der Waals surface area contributed by atoms with Gasteiger partial charge in [-0.05, 0) is 18.6 Å². The zero-order valence-corrected chi connectivity index (χ0v) is 11.7. The molecular formula is C13H16BrN3. The Kier molecular flexibility index (Phi) is 3.94. The van der Waals surface area contributed by atoms with E-state index in [2.05, 4.69) is 37.7 Å². The molecule has 0 aliphatic carbocycles. The van der Waals surface area contributed by atoms with Gasteiger partial charge in [-0.3, -0.25) is 4.98 Å². The zero-order valence-electron chi connectivity index (χ0n) is 10.1. The highest BCUT2D eigenvalue weighted by molar-refractivity contribution is 9.09. The van der Waals surface area contributed by atoms with Crippen molar-refractivity contribution in [2.45, 2.75) is 18.2 Å². The molecule has 90 valence electrons. The van der Waals surface area contributed by atoms with Crippen LogP contribution < -0.4 is 4.90 Å². The fourth-order valence-corrected chi connectivity index (χ4v) is 1.82. The van der Waals surface area contributed by atoms with Crippen molar-refractivity contribution in [3.05, 3.63) is 30.5 Å². The fourth-order valence-electron chi connectivity index (χ4n) is 1.62. The van der Waals surface area contributed by atoms with Crippen molar-refractivity contribution < 1.29 is 0 Å². The third-order valence-electron chi connectivity index (χ3n) is 2.69. The highest BCUT2D eigenvalue weighted by atomic mass is 79.9. The average Bonchev–Trinajstić information content (AvgIpc) is 2.35. The van der Waals surface area contributed by atoms with Gasteiger partial charge in [-0.15, -0.1) is 0 Å². The lowest BCUT2D eigenvalue weighted by atomic mass is 10.3. The van der Waals surface area contributed by atoms with E-state index in [0.29, 0.717) is 4.83 Å². The topological polar surface area (TPSA) is 29.0 Å². The number of fused-ring (bicyclic) bond motifs is 1. The molecule has 0 aliphatic heterocycles. The van der Waals surface area contributed by atoms with E-state index in [1.807, 2.05) is 37.5 Å². The van der Waals surface area contributed by atoms with E-state index in [0.717, 1.165) is 29.8 Å². The molecule has 0 bridgehead atoms. The normalized spacial score (nSPS) is 12.6. The quantitative estimate of drug-likeness (QED) is 0.811. The van der Waals surface area contributed by atoms with Crippen molar-refractivity contribution in [2.24, 2.45) is 0 Å². The number of rotatable bonds is 4. The minimum Gasteiger partial charge on any atom is -0.358 e. The van der Waals surface area contributed by atoms with E-state index < -0.39 is 0 Å². The SMILES string of the molecule is CC(Br)CCN(C)c1cnc2ccccc2n1. The van der Waals surface area contributed by atoms with Crippen LogP contribution >= 0.6 is 15.9 Å². The third-order valence-corrected chi connectivity index (χ3v) is 3.15. The predicted octanol–water partition coefficient (Wildman–Crippen LogP) is 3.24. The minimum atomic E-state index is 0.526. The molecule has 1 aromatic carbocycles. The number of aromatic nitrogens is 2. The lowest BCUT2D eigenvalue weighted by Gasteiger charge is -2.18. The molecule has 4 heteroatoms. The van der Waals surface area contributed by atoms with Gasteiger partial charge >= 0.3 is 0 Å². The Bertz CT molecular complexity index is 499. The Morgan fingerprint density at radius 3 is 2.71 bits per heavy atom. The molecule has 1 heterocycles. The Balaban J connectivity index is 2.18. The largest absolute Gasteiger partial charge is 0.358 e. The standard InChI is InChI=1S/C13H16BrN3/c1-10(14)7-8-17(2)13-9-15-11-5-3-4-6-12(11)16-13/h3-6,9-10H,7-8H2,1-2H3. The van der Waals surface area contributed by atoms with Crippen LogP contribution in [0.2, 0.25) is 0 Å². The summed E-state index contributed by atoms with van der Waals surface area (Å²) in [6.07, 6.45) is 2.92. The van der Waals surface area contributed by atoms with Crippen LogP contribution in [0.3, 0.4) is 0 Å². The molecular weight excluding hydrogens is 278 g/mol. The van der Waals surface area contributed by atoms with E-state index in [9.17, 15) is 0 Å². The van der Waals surface area contributed by atoms with Gasteiger partial charge in [0.2, 0.25) is 0 Å². The van der Waals surface area contributed by atoms with Gasteiger partial charge in [0.15, 0.2) is 0 Å². The number of benzene rings is 1. The molecule has 0 amide bonds. The van der Waals surface area contributed by atoms with Gasteiger partial charge in [-0.2, -0.15) is 0 Å². The van der Waals surface area contributed by atoms with Gasteiger partial charge in [0.05, 0.1) is 17.2 Å². The molecule has 0 aliphatic rings. The van der Waals surface area contributed by atoms with Crippen LogP contribution in [0.4, 0.5) is 5.82 Å². The van der Waals surface area contributed by atoms with Gasteiger partial charge in [0.25, 0.3) is 0 Å². The van der Waals surface area contributed by atoms with Crippen LogP contribution in [-0.2, 0) is 0 Å². The van der Waals surface area contributed by atoms with Crippen molar-refractivity contribution in [1.82, 2.24) is 9.97 Å². The molecule has 0 saturated heterocycles. The number of alkyl halides is 1. The molecule has 0 N–H and O–H groups in total. The fraction of sp³-hybridized carbons (Fsp3) is 0.385. The average molecular weight is 294 g/mol. The Morgan fingerprint density at radius 1 is 1.29 bits per heavy atom. The zero-order chi connectivity index (χ0) is 12.3. The number of para-hydroxylation sites is 2. The van der Waals surface area contributed by atoms with E-state index in [1.54, 1.807) is 0 Å². The summed E-state index contributed by atoms with van der Waals surface area (Å²) < 4.78 is 0. The summed E-state index contributed by atoms with van der Waals surface area (Å²) in [6.45, 7) is 3.12. The van der Waals surface area contributed by atoms with Crippen LogP contribution in [0.1, 0.15) is 13.3 Å². The van der Waals surface area contributed by atoms with Gasteiger partial charge in [-0.25, -0.2) is 4.98 Å². The first kappa shape index (κ1) is 12.3. The van der Waals surface area contributed by atoms with Crippen molar-refractivity contribution in [3.63, 3.8) is 0 Å². The Labute approximate surface area is 110 Å². The van der Waals surface area contributed by atoms with Gasteiger partial charge in [0, 0.05) is 18.4 Å². The molecule has 2 aromatic rings. The minimum absolute atomic E-state index is 0.526. The summed E-state index contributed by atoms with van der Waals surface area (Å²) in [5.74, 6) is 0.928. The van der Waals surface area contributed by atoms with Crippen molar-refractivity contribution in [2.75, 3.05) is 18.5 Å². The summed E-state index contributed by atoms with van der Waals surface area (Å²) in [4.78, 5) is 11.7. The molecule has 1 unspecified atom stereocenters. The van der Waals surface area contributed by atoms with E-state index in [-0.39, 0.29) is 0 Å². The van der Waals surface area contributed by atoms with E-state index in [1.165, 1.54) is 0 Å². The molecule has 0 radical (unpaired) electrons. The highest BCUT2D eigenvalue weighted by Crippen LogP contribution is 2.15. The van der Waals surface area contributed by atoms with Crippen molar-refractivity contribution >= 4 is 32.8 Å². The highest BCUT2D eigenvalue weighted by Gasteiger charge is 2.05. The first-order chi connectivity index (χ1) is 8.16. The molecule has 17 heavy (non-hydrogen) atoms. The number of anilines is 1. The summed E-state index contributed by atoms with van der Waals surface area (Å²) >= 11 is 3.55. The predicted molar refractivity (Wildman–Crippen MR) is 75.8 cm³/mol. The Hall–Kier alpha value is -1.16. The Morgan fingerprint density at radius 2 is 2.00 bits per heavy atom.